The molecule has 0 aromatic heterocycles. The van der Waals surface area contributed by atoms with Crippen LogP contribution in [0.15, 0.2) is 35.5 Å². The van der Waals surface area contributed by atoms with Crippen molar-refractivity contribution >= 4 is 17.7 Å². The molecule has 1 heterocycles. The second-order valence-corrected chi connectivity index (χ2v) is 4.78. The number of esters is 1. The van der Waals surface area contributed by atoms with E-state index in [1.807, 2.05) is 6.92 Å². The molecule has 1 atom stereocenters. The molecule has 1 aromatic carbocycles. The van der Waals surface area contributed by atoms with Crippen molar-refractivity contribution in [3.05, 3.63) is 41.1 Å². The summed E-state index contributed by atoms with van der Waals surface area (Å²) in [4.78, 5) is 25.8. The summed E-state index contributed by atoms with van der Waals surface area (Å²) in [5.74, 6) is -0.451. The molecular weight excluding hydrogens is 270 g/mol. The topological polar surface area (TPSA) is 84.7 Å². The number of nitrogen functional groups attached to an aromatic ring is 1. The average Bonchev–Trinajstić information content (AvgIpc) is 2.47. The Morgan fingerprint density at radius 2 is 2.00 bits per heavy atom. The fraction of sp³-hybridized carbons (Fsp3) is 0.333. The Kier molecular flexibility index (Phi) is 4.16. The fourth-order valence-electron chi connectivity index (χ4n) is 2.47. The molecule has 1 aliphatic rings. The summed E-state index contributed by atoms with van der Waals surface area (Å²) in [5.41, 5.74) is 8.12. The number of carbonyl (C=O) groups is 2. The van der Waals surface area contributed by atoms with Crippen LogP contribution in [0.1, 0.15) is 25.5 Å². The average molecular weight is 289 g/mol. The summed E-state index contributed by atoms with van der Waals surface area (Å²) >= 11 is 0. The zero-order valence-electron chi connectivity index (χ0n) is 12.3. The molecule has 0 spiro atoms. The molecule has 2 amide bonds. The molecule has 0 saturated heterocycles. The van der Waals surface area contributed by atoms with Gasteiger partial charge in [0, 0.05) is 17.9 Å². The quantitative estimate of drug-likeness (QED) is 0.656. The van der Waals surface area contributed by atoms with E-state index in [1.54, 1.807) is 31.2 Å². The number of nitrogens with zero attached hydrogens (tertiary/aromatic N) is 1. The third kappa shape index (κ3) is 2.69. The van der Waals surface area contributed by atoms with Gasteiger partial charge in [-0.05, 0) is 31.5 Å². The normalized spacial score (nSPS) is 18.5. The van der Waals surface area contributed by atoms with Crippen LogP contribution < -0.4 is 11.1 Å². The van der Waals surface area contributed by atoms with E-state index in [0.717, 1.165) is 5.56 Å². The molecule has 112 valence electrons. The number of urea groups is 1. The largest absolute Gasteiger partial charge is 0.466 e. The highest BCUT2D eigenvalue weighted by Crippen LogP contribution is 2.31. The number of methoxy groups -OCH3 is 1. The van der Waals surface area contributed by atoms with E-state index in [0.29, 0.717) is 23.5 Å². The van der Waals surface area contributed by atoms with Crippen molar-refractivity contribution < 1.29 is 14.3 Å². The summed E-state index contributed by atoms with van der Waals surface area (Å²) in [6, 6.07) is 6.28. The van der Waals surface area contributed by atoms with Gasteiger partial charge in [0.05, 0.1) is 18.7 Å². The van der Waals surface area contributed by atoms with Crippen LogP contribution in [0.4, 0.5) is 10.5 Å². The van der Waals surface area contributed by atoms with Crippen LogP contribution in [0, 0.1) is 0 Å². The predicted molar refractivity (Wildman–Crippen MR) is 79.2 cm³/mol. The number of rotatable bonds is 3. The molecule has 0 saturated carbocycles. The van der Waals surface area contributed by atoms with E-state index in [9.17, 15) is 9.59 Å². The molecule has 0 bridgehead atoms. The molecule has 0 unspecified atom stereocenters. The van der Waals surface area contributed by atoms with Crippen molar-refractivity contribution in [1.29, 1.82) is 0 Å². The van der Waals surface area contributed by atoms with E-state index in [2.05, 4.69) is 5.32 Å². The van der Waals surface area contributed by atoms with Crippen molar-refractivity contribution in [3.8, 4) is 0 Å². The summed E-state index contributed by atoms with van der Waals surface area (Å²) < 4.78 is 4.86. The molecule has 1 aliphatic heterocycles. The zero-order valence-corrected chi connectivity index (χ0v) is 12.3. The lowest BCUT2D eigenvalue weighted by Crippen LogP contribution is -2.47. The molecule has 2 rings (SSSR count). The second kappa shape index (κ2) is 5.87. The third-order valence-corrected chi connectivity index (χ3v) is 3.59. The van der Waals surface area contributed by atoms with Gasteiger partial charge in [-0.15, -0.1) is 0 Å². The Labute approximate surface area is 123 Å². The lowest BCUT2D eigenvalue weighted by Gasteiger charge is -2.34. The van der Waals surface area contributed by atoms with Crippen molar-refractivity contribution in [3.63, 3.8) is 0 Å². The summed E-state index contributed by atoms with van der Waals surface area (Å²) in [5, 5.41) is 2.84. The first-order chi connectivity index (χ1) is 9.99. The molecular formula is C15H19N3O3. The predicted octanol–water partition coefficient (Wildman–Crippen LogP) is 1.80. The Bertz CT molecular complexity index is 593. The number of carbonyl (C=O) groups excluding carboxylic acids is 2. The first kappa shape index (κ1) is 14.9. The number of nitrogens with two attached hydrogens (primary N) is 1. The Balaban J connectivity index is 2.52. The Morgan fingerprint density at radius 3 is 2.52 bits per heavy atom. The van der Waals surface area contributed by atoms with Gasteiger partial charge in [-0.1, -0.05) is 12.1 Å². The smallest absolute Gasteiger partial charge is 0.337 e. The van der Waals surface area contributed by atoms with Crippen LogP contribution in [0.25, 0.3) is 0 Å². The minimum Gasteiger partial charge on any atom is -0.466 e. The Hall–Kier alpha value is -2.50. The lowest BCUT2D eigenvalue weighted by atomic mass is 9.95. The van der Waals surface area contributed by atoms with Gasteiger partial charge in [-0.3, -0.25) is 4.90 Å². The number of hydrogen-bond donors (Lipinski definition) is 2. The maximum Gasteiger partial charge on any atom is 0.337 e. The van der Waals surface area contributed by atoms with Crippen LogP contribution in [0.3, 0.4) is 0 Å². The van der Waals surface area contributed by atoms with Gasteiger partial charge >= 0.3 is 12.0 Å². The maximum absolute atomic E-state index is 12.1. The SMILES string of the molecule is CCN1C(=O)N[C@@H](c2ccc(N)cc2)C(C(=O)OC)=C1C. The number of nitrogens with one attached hydrogen (secondary N) is 1. The molecule has 6 heteroatoms. The van der Waals surface area contributed by atoms with Gasteiger partial charge in [-0.2, -0.15) is 0 Å². The molecule has 0 radical (unpaired) electrons. The highest BCUT2D eigenvalue weighted by atomic mass is 16.5. The molecule has 3 N–H and O–H groups in total. The monoisotopic (exact) mass is 289 g/mol. The van der Waals surface area contributed by atoms with Gasteiger partial charge in [0.1, 0.15) is 0 Å². The van der Waals surface area contributed by atoms with Crippen LogP contribution in [0.2, 0.25) is 0 Å². The first-order valence-electron chi connectivity index (χ1n) is 6.72. The molecule has 21 heavy (non-hydrogen) atoms. The van der Waals surface area contributed by atoms with E-state index < -0.39 is 12.0 Å². The van der Waals surface area contributed by atoms with E-state index in [1.165, 1.54) is 12.0 Å². The fourth-order valence-corrected chi connectivity index (χ4v) is 2.47. The number of anilines is 1. The van der Waals surface area contributed by atoms with E-state index in [4.69, 9.17) is 10.5 Å². The van der Waals surface area contributed by atoms with E-state index >= 15 is 0 Å². The van der Waals surface area contributed by atoms with Crippen molar-refractivity contribution in [2.45, 2.75) is 19.9 Å². The molecule has 6 nitrogen and oxygen atoms in total. The van der Waals surface area contributed by atoms with Gasteiger partial charge in [0.15, 0.2) is 0 Å². The van der Waals surface area contributed by atoms with Crippen LogP contribution in [-0.2, 0) is 9.53 Å². The first-order valence-corrected chi connectivity index (χ1v) is 6.72. The van der Waals surface area contributed by atoms with Crippen molar-refractivity contribution in [1.82, 2.24) is 10.2 Å². The second-order valence-electron chi connectivity index (χ2n) is 4.78. The van der Waals surface area contributed by atoms with Gasteiger partial charge < -0.3 is 15.8 Å². The van der Waals surface area contributed by atoms with Gasteiger partial charge in [-0.25, -0.2) is 9.59 Å². The number of allylic oxidation sites excluding steroid dienone is 1. The molecule has 0 aliphatic carbocycles. The highest BCUT2D eigenvalue weighted by molar-refractivity contribution is 5.95. The van der Waals surface area contributed by atoms with Gasteiger partial charge in [0.25, 0.3) is 0 Å². The number of benzene rings is 1. The summed E-state index contributed by atoms with van der Waals surface area (Å²) in [6.07, 6.45) is 0. The van der Waals surface area contributed by atoms with Crippen molar-refractivity contribution in [2.24, 2.45) is 0 Å². The minimum absolute atomic E-state index is 0.232. The molecule has 1 aromatic rings. The highest BCUT2D eigenvalue weighted by Gasteiger charge is 2.35. The number of amides is 2. The lowest BCUT2D eigenvalue weighted by molar-refractivity contribution is -0.136. The van der Waals surface area contributed by atoms with Crippen LogP contribution >= 0.6 is 0 Å². The maximum atomic E-state index is 12.1. The standard InChI is InChI=1S/C15H19N3O3/c1-4-18-9(2)12(14(19)21-3)13(17-15(18)20)10-5-7-11(16)8-6-10/h5-8,13H,4,16H2,1-3H3,(H,17,20)/t13-/m0/s1. The third-order valence-electron chi connectivity index (χ3n) is 3.59. The van der Waals surface area contributed by atoms with E-state index in [-0.39, 0.29) is 6.03 Å². The number of ether oxygens (including phenoxy) is 1. The minimum atomic E-state index is -0.534. The van der Waals surface area contributed by atoms with Crippen LogP contribution in [-0.4, -0.2) is 30.6 Å². The summed E-state index contributed by atoms with van der Waals surface area (Å²) in [7, 11) is 1.33. The van der Waals surface area contributed by atoms with Crippen molar-refractivity contribution in [2.75, 3.05) is 19.4 Å². The number of hydrogen-bond acceptors (Lipinski definition) is 4. The Morgan fingerprint density at radius 1 is 1.38 bits per heavy atom. The molecule has 0 fully saturated rings. The summed E-state index contributed by atoms with van der Waals surface area (Å²) in [6.45, 7) is 4.08. The zero-order chi connectivity index (χ0) is 15.6. The van der Waals surface area contributed by atoms with Gasteiger partial charge in [0.2, 0.25) is 0 Å². The van der Waals surface area contributed by atoms with Crippen LogP contribution in [0.5, 0.6) is 0 Å².